The molecular weight excluding hydrogens is 256 g/mol. The Bertz CT molecular complexity index is 457. The van der Waals surface area contributed by atoms with Crippen LogP contribution in [-0.4, -0.2) is 40.6 Å². The molecule has 2 rings (SSSR count). The maximum Gasteiger partial charge on any atom is 0.287 e. The molecule has 0 amide bonds. The van der Waals surface area contributed by atoms with Crippen LogP contribution in [0.5, 0.6) is 0 Å². The number of hydrogen-bond donors (Lipinski definition) is 3. The molecular formula is C11H17ClN4O2. The van der Waals surface area contributed by atoms with E-state index in [4.69, 9.17) is 16.7 Å². The predicted molar refractivity (Wildman–Crippen MR) is 70.1 cm³/mol. The molecule has 18 heavy (non-hydrogen) atoms. The van der Waals surface area contributed by atoms with Crippen molar-refractivity contribution in [2.45, 2.75) is 25.4 Å². The number of aromatic nitrogens is 2. The number of halogens is 1. The van der Waals surface area contributed by atoms with Crippen molar-refractivity contribution in [2.24, 2.45) is 0 Å². The summed E-state index contributed by atoms with van der Waals surface area (Å²) < 4.78 is 1.15. The molecule has 6 nitrogen and oxygen atoms in total. The number of aliphatic hydroxyl groups is 1. The Kier molecular flexibility index (Phi) is 4.57. The molecule has 1 fully saturated rings. The van der Waals surface area contributed by atoms with Gasteiger partial charge >= 0.3 is 0 Å². The normalized spacial score (nSPS) is 19.1. The number of nitrogens with zero attached hydrogens (tertiary/aromatic N) is 2. The van der Waals surface area contributed by atoms with Crippen molar-refractivity contribution in [3.8, 4) is 0 Å². The van der Waals surface area contributed by atoms with Gasteiger partial charge in [-0.3, -0.25) is 4.79 Å². The Morgan fingerprint density at radius 3 is 3.17 bits per heavy atom. The highest BCUT2D eigenvalue weighted by Gasteiger charge is 2.15. The predicted octanol–water partition coefficient (Wildman–Crippen LogP) is 0.0529. The molecule has 1 saturated heterocycles. The van der Waals surface area contributed by atoms with E-state index in [2.05, 4.69) is 15.7 Å². The average Bonchev–Trinajstić information content (AvgIpc) is 2.87. The van der Waals surface area contributed by atoms with Crippen molar-refractivity contribution in [1.29, 1.82) is 0 Å². The zero-order valence-electron chi connectivity index (χ0n) is 10.0. The van der Waals surface area contributed by atoms with Crippen LogP contribution in [0.2, 0.25) is 5.02 Å². The Balaban J connectivity index is 2.04. The lowest BCUT2D eigenvalue weighted by molar-refractivity contribution is 0.266. The van der Waals surface area contributed by atoms with E-state index in [1.165, 1.54) is 12.6 Å². The fraction of sp³-hybridized carbons (Fsp3) is 0.636. The van der Waals surface area contributed by atoms with Gasteiger partial charge in [-0.25, -0.2) is 4.68 Å². The monoisotopic (exact) mass is 272 g/mol. The molecule has 3 N–H and O–H groups in total. The highest BCUT2D eigenvalue weighted by molar-refractivity contribution is 6.32. The van der Waals surface area contributed by atoms with E-state index in [1.54, 1.807) is 0 Å². The molecule has 0 spiro atoms. The highest BCUT2D eigenvalue weighted by Crippen LogP contribution is 2.16. The van der Waals surface area contributed by atoms with Crippen LogP contribution < -0.4 is 16.2 Å². The van der Waals surface area contributed by atoms with Gasteiger partial charge in [0.15, 0.2) is 0 Å². The number of anilines is 1. The Morgan fingerprint density at radius 2 is 2.50 bits per heavy atom. The van der Waals surface area contributed by atoms with Gasteiger partial charge in [-0.1, -0.05) is 11.6 Å². The van der Waals surface area contributed by atoms with Crippen LogP contribution in [0.25, 0.3) is 0 Å². The van der Waals surface area contributed by atoms with E-state index in [0.29, 0.717) is 11.7 Å². The van der Waals surface area contributed by atoms with E-state index < -0.39 is 0 Å². The van der Waals surface area contributed by atoms with Crippen LogP contribution in [-0.2, 0) is 6.54 Å². The maximum absolute atomic E-state index is 11.8. The molecule has 1 atom stereocenters. The smallest absolute Gasteiger partial charge is 0.287 e. The van der Waals surface area contributed by atoms with Crippen LogP contribution in [0, 0.1) is 0 Å². The van der Waals surface area contributed by atoms with Gasteiger partial charge in [0.2, 0.25) is 0 Å². The lowest BCUT2D eigenvalue weighted by Crippen LogP contribution is -2.31. The van der Waals surface area contributed by atoms with E-state index in [0.717, 1.165) is 24.2 Å². The van der Waals surface area contributed by atoms with E-state index in [1.807, 2.05) is 0 Å². The largest absolute Gasteiger partial charge is 0.394 e. The van der Waals surface area contributed by atoms with E-state index in [9.17, 15) is 4.79 Å². The van der Waals surface area contributed by atoms with E-state index >= 15 is 0 Å². The fourth-order valence-corrected chi connectivity index (χ4v) is 2.22. The lowest BCUT2D eigenvalue weighted by atomic mass is 10.2. The summed E-state index contributed by atoms with van der Waals surface area (Å²) in [5.74, 6) is 0. The third kappa shape index (κ3) is 3.01. The van der Waals surface area contributed by atoms with Gasteiger partial charge in [0, 0.05) is 12.6 Å². The van der Waals surface area contributed by atoms with Gasteiger partial charge in [0.05, 0.1) is 25.0 Å². The summed E-state index contributed by atoms with van der Waals surface area (Å²) in [4.78, 5) is 11.8. The summed E-state index contributed by atoms with van der Waals surface area (Å²) in [6.07, 6.45) is 3.82. The maximum atomic E-state index is 11.8. The average molecular weight is 273 g/mol. The van der Waals surface area contributed by atoms with Gasteiger partial charge in [-0.15, -0.1) is 0 Å². The Labute approximate surface area is 110 Å². The highest BCUT2D eigenvalue weighted by atomic mass is 35.5. The molecule has 0 saturated carbocycles. The first-order chi connectivity index (χ1) is 8.72. The van der Waals surface area contributed by atoms with Crippen LogP contribution in [0.4, 0.5) is 5.69 Å². The molecule has 2 heterocycles. The first kappa shape index (κ1) is 13.3. The Hall–Kier alpha value is -1.11. The van der Waals surface area contributed by atoms with Crippen molar-refractivity contribution in [3.05, 3.63) is 21.6 Å². The summed E-state index contributed by atoms with van der Waals surface area (Å²) in [6, 6.07) is 0.418. The van der Waals surface area contributed by atoms with Crippen LogP contribution >= 0.6 is 11.6 Å². The van der Waals surface area contributed by atoms with Crippen molar-refractivity contribution in [2.75, 3.05) is 25.0 Å². The first-order valence-electron chi connectivity index (χ1n) is 6.06. The minimum Gasteiger partial charge on any atom is -0.394 e. The molecule has 0 aliphatic carbocycles. The summed E-state index contributed by atoms with van der Waals surface area (Å²) in [5, 5.41) is 19.3. The zero-order valence-corrected chi connectivity index (χ0v) is 10.8. The zero-order chi connectivity index (χ0) is 13.0. The summed E-state index contributed by atoms with van der Waals surface area (Å²) in [6.45, 7) is 1.78. The quantitative estimate of drug-likeness (QED) is 0.706. The van der Waals surface area contributed by atoms with E-state index in [-0.39, 0.29) is 23.7 Å². The van der Waals surface area contributed by atoms with Gasteiger partial charge in [0.1, 0.15) is 5.02 Å². The number of rotatable bonds is 5. The second-order valence-electron chi connectivity index (χ2n) is 4.30. The summed E-state index contributed by atoms with van der Waals surface area (Å²) in [5.41, 5.74) is 0.166. The van der Waals surface area contributed by atoms with Gasteiger partial charge < -0.3 is 15.7 Å². The third-order valence-corrected chi connectivity index (χ3v) is 3.36. The Morgan fingerprint density at radius 1 is 1.67 bits per heavy atom. The molecule has 1 aliphatic rings. The standard InChI is InChI=1S/C11H17ClN4O2/c12-10-9(14-6-8-2-1-3-13-8)7-15-16(4-5-17)11(10)18/h7-8,13-14,17H,1-6H2. The molecule has 1 aromatic heterocycles. The fourth-order valence-electron chi connectivity index (χ4n) is 2.01. The second-order valence-corrected chi connectivity index (χ2v) is 4.68. The molecule has 0 radical (unpaired) electrons. The van der Waals surface area contributed by atoms with Crippen LogP contribution in [0.3, 0.4) is 0 Å². The minimum absolute atomic E-state index is 0.122. The van der Waals surface area contributed by atoms with Crippen molar-refractivity contribution >= 4 is 17.3 Å². The summed E-state index contributed by atoms with van der Waals surface area (Å²) >= 11 is 5.98. The number of hydrogen-bond acceptors (Lipinski definition) is 5. The molecule has 0 aromatic carbocycles. The van der Waals surface area contributed by atoms with Gasteiger partial charge in [-0.2, -0.15) is 5.10 Å². The van der Waals surface area contributed by atoms with Crippen molar-refractivity contribution in [3.63, 3.8) is 0 Å². The molecule has 1 aliphatic heterocycles. The second kappa shape index (κ2) is 6.17. The molecule has 1 unspecified atom stereocenters. The molecule has 0 bridgehead atoms. The van der Waals surface area contributed by atoms with Gasteiger partial charge in [0.25, 0.3) is 5.56 Å². The first-order valence-corrected chi connectivity index (χ1v) is 6.44. The number of nitrogens with one attached hydrogen (secondary N) is 2. The summed E-state index contributed by atoms with van der Waals surface area (Å²) in [7, 11) is 0. The number of aliphatic hydroxyl groups excluding tert-OH is 1. The lowest BCUT2D eigenvalue weighted by Gasteiger charge is -2.13. The minimum atomic E-state index is -0.380. The topological polar surface area (TPSA) is 79.2 Å². The molecule has 100 valence electrons. The third-order valence-electron chi connectivity index (χ3n) is 3.00. The van der Waals surface area contributed by atoms with Crippen LogP contribution in [0.15, 0.2) is 11.0 Å². The van der Waals surface area contributed by atoms with Crippen molar-refractivity contribution in [1.82, 2.24) is 15.1 Å². The van der Waals surface area contributed by atoms with Crippen LogP contribution in [0.1, 0.15) is 12.8 Å². The van der Waals surface area contributed by atoms with Crippen molar-refractivity contribution < 1.29 is 5.11 Å². The van der Waals surface area contributed by atoms with Gasteiger partial charge in [-0.05, 0) is 19.4 Å². The SMILES string of the molecule is O=c1c(Cl)c(NCC2CCCN2)cnn1CCO. The molecule has 1 aromatic rings. The molecule has 7 heteroatoms.